The van der Waals surface area contributed by atoms with Crippen LogP contribution in [0.5, 0.6) is 0 Å². The van der Waals surface area contributed by atoms with E-state index in [1.807, 2.05) is 41.2 Å². The van der Waals surface area contributed by atoms with Crippen molar-refractivity contribution in [3.8, 4) is 11.1 Å². The van der Waals surface area contributed by atoms with Gasteiger partial charge in [-0.2, -0.15) is 0 Å². The maximum absolute atomic E-state index is 13.0. The van der Waals surface area contributed by atoms with Crippen LogP contribution < -0.4 is 5.32 Å². The molecule has 5 rings (SSSR count). The molecule has 0 spiro atoms. The summed E-state index contributed by atoms with van der Waals surface area (Å²) in [5, 5.41) is 8.03. The number of rotatable bonds is 5. The minimum Gasteiger partial charge on any atom is -0.350 e. The second-order valence-corrected chi connectivity index (χ2v) is 7.70. The first-order valence-electron chi connectivity index (χ1n) is 10.3. The van der Waals surface area contributed by atoms with E-state index < -0.39 is 6.36 Å². The van der Waals surface area contributed by atoms with Crippen LogP contribution in [0.1, 0.15) is 32.6 Å². The number of ether oxygens (including phenoxy) is 1. The SMILES string of the molecule is CC(F)O[C@H]1CC[C@H](Nc2ncc3c(-c4ccc5nccnc5c4)ccn3n2)CC1. The molecule has 1 fully saturated rings. The molecule has 3 heterocycles. The largest absolute Gasteiger partial charge is 0.350 e. The van der Waals surface area contributed by atoms with Crippen LogP contribution in [-0.4, -0.2) is 43.1 Å². The second-order valence-electron chi connectivity index (χ2n) is 7.70. The third-order valence-electron chi connectivity index (χ3n) is 5.58. The van der Waals surface area contributed by atoms with E-state index in [1.165, 1.54) is 6.92 Å². The molecule has 7 nitrogen and oxygen atoms in total. The molecule has 0 radical (unpaired) electrons. The van der Waals surface area contributed by atoms with E-state index in [4.69, 9.17) is 4.74 Å². The number of alkyl halides is 1. The second kappa shape index (κ2) is 7.95. The Hall–Kier alpha value is -3.13. The minimum atomic E-state index is -1.21. The lowest BCUT2D eigenvalue weighted by molar-refractivity contribution is -0.0862. The molecule has 4 aromatic rings. The summed E-state index contributed by atoms with van der Waals surface area (Å²) in [5.41, 5.74) is 4.75. The fourth-order valence-corrected chi connectivity index (χ4v) is 4.13. The normalized spacial score (nSPS) is 20.5. The van der Waals surface area contributed by atoms with E-state index in [0.29, 0.717) is 5.95 Å². The highest BCUT2D eigenvalue weighted by molar-refractivity contribution is 5.86. The van der Waals surface area contributed by atoms with Crippen molar-refractivity contribution < 1.29 is 9.13 Å². The van der Waals surface area contributed by atoms with E-state index >= 15 is 0 Å². The van der Waals surface area contributed by atoms with Crippen LogP contribution in [-0.2, 0) is 4.74 Å². The summed E-state index contributed by atoms with van der Waals surface area (Å²) in [7, 11) is 0. The van der Waals surface area contributed by atoms with E-state index in [-0.39, 0.29) is 12.1 Å². The van der Waals surface area contributed by atoms with Gasteiger partial charge >= 0.3 is 0 Å². The fraction of sp³-hybridized carbons (Fsp3) is 0.364. The smallest absolute Gasteiger partial charge is 0.241 e. The average Bonchev–Trinajstić information content (AvgIpc) is 3.18. The topological polar surface area (TPSA) is 77.2 Å². The quantitative estimate of drug-likeness (QED) is 0.530. The van der Waals surface area contributed by atoms with Crippen LogP contribution in [0, 0.1) is 0 Å². The first-order chi connectivity index (χ1) is 14.7. The number of hydrogen-bond acceptors (Lipinski definition) is 6. The predicted octanol–water partition coefficient (Wildman–Crippen LogP) is 4.39. The minimum absolute atomic E-state index is 0.00472. The van der Waals surface area contributed by atoms with Crippen LogP contribution >= 0.6 is 0 Å². The zero-order valence-electron chi connectivity index (χ0n) is 16.7. The Morgan fingerprint density at radius 3 is 2.67 bits per heavy atom. The molecule has 0 aliphatic heterocycles. The van der Waals surface area contributed by atoms with Crippen molar-refractivity contribution in [3.63, 3.8) is 0 Å². The number of nitrogens with one attached hydrogen (secondary N) is 1. The molecule has 8 heteroatoms. The standard InChI is InChI=1S/C22H23FN6O/c1-14(23)30-17-5-3-16(4-6-17)27-22-26-13-21-18(8-11-29(21)28-22)15-2-7-19-20(12-15)25-10-9-24-19/h2,7-14,16-17H,3-6H2,1H3,(H,27,28)/t14?,16-,17-. The molecule has 0 amide bonds. The number of halogens is 1. The summed E-state index contributed by atoms with van der Waals surface area (Å²) < 4.78 is 20.1. The molecule has 3 aromatic heterocycles. The highest BCUT2D eigenvalue weighted by atomic mass is 19.1. The molecule has 1 atom stereocenters. The monoisotopic (exact) mass is 406 g/mol. The number of hydrogen-bond donors (Lipinski definition) is 1. The summed E-state index contributed by atoms with van der Waals surface area (Å²) in [5.74, 6) is 0.595. The molecule has 1 aliphatic carbocycles. The van der Waals surface area contributed by atoms with Gasteiger partial charge in [-0.25, -0.2) is 13.9 Å². The van der Waals surface area contributed by atoms with Gasteiger partial charge in [0.1, 0.15) is 0 Å². The average molecular weight is 406 g/mol. The molecule has 1 saturated carbocycles. The van der Waals surface area contributed by atoms with Crippen molar-refractivity contribution in [2.75, 3.05) is 5.32 Å². The lowest BCUT2D eigenvalue weighted by Gasteiger charge is -2.29. The molecule has 1 aliphatic rings. The summed E-state index contributed by atoms with van der Waals surface area (Å²) >= 11 is 0. The van der Waals surface area contributed by atoms with Gasteiger partial charge in [-0.3, -0.25) is 9.97 Å². The Bertz CT molecular complexity index is 1170. The molecule has 0 saturated heterocycles. The number of fused-ring (bicyclic) bond motifs is 2. The first kappa shape index (κ1) is 18.9. The molecule has 1 aromatic carbocycles. The van der Waals surface area contributed by atoms with Gasteiger partial charge in [-0.1, -0.05) is 6.07 Å². The van der Waals surface area contributed by atoms with Crippen LogP contribution in [0.25, 0.3) is 27.7 Å². The van der Waals surface area contributed by atoms with Crippen molar-refractivity contribution in [2.24, 2.45) is 0 Å². The lowest BCUT2D eigenvalue weighted by Crippen LogP contribution is -2.31. The van der Waals surface area contributed by atoms with Crippen molar-refractivity contribution in [2.45, 2.75) is 51.1 Å². The summed E-state index contributed by atoms with van der Waals surface area (Å²) in [6.45, 7) is 1.43. The predicted molar refractivity (Wildman–Crippen MR) is 113 cm³/mol. The van der Waals surface area contributed by atoms with Gasteiger partial charge in [0, 0.05) is 30.2 Å². The van der Waals surface area contributed by atoms with Gasteiger partial charge in [0.25, 0.3) is 0 Å². The summed E-state index contributed by atoms with van der Waals surface area (Å²) in [4.78, 5) is 13.2. The van der Waals surface area contributed by atoms with Crippen LogP contribution in [0.3, 0.4) is 0 Å². The van der Waals surface area contributed by atoms with Gasteiger partial charge in [0.15, 0.2) is 6.36 Å². The van der Waals surface area contributed by atoms with Gasteiger partial charge in [0.2, 0.25) is 5.95 Å². The Morgan fingerprint density at radius 1 is 1.07 bits per heavy atom. The number of aromatic nitrogens is 5. The third kappa shape index (κ3) is 3.82. The number of anilines is 1. The first-order valence-corrected chi connectivity index (χ1v) is 10.3. The number of benzene rings is 1. The highest BCUT2D eigenvalue weighted by Gasteiger charge is 2.23. The van der Waals surface area contributed by atoms with Crippen LogP contribution in [0.4, 0.5) is 10.3 Å². The molecule has 0 bridgehead atoms. The van der Waals surface area contributed by atoms with Crippen molar-refractivity contribution in [1.29, 1.82) is 0 Å². The molecule has 1 N–H and O–H groups in total. The molecular formula is C22H23FN6O. The summed E-state index contributed by atoms with van der Waals surface area (Å²) in [6.07, 6.45) is 9.47. The highest BCUT2D eigenvalue weighted by Crippen LogP contribution is 2.28. The van der Waals surface area contributed by atoms with E-state index in [0.717, 1.165) is 53.4 Å². The van der Waals surface area contributed by atoms with E-state index in [1.54, 1.807) is 12.4 Å². The van der Waals surface area contributed by atoms with Crippen molar-refractivity contribution >= 4 is 22.5 Å². The Balaban J connectivity index is 1.33. The lowest BCUT2D eigenvalue weighted by atomic mass is 9.93. The van der Waals surface area contributed by atoms with Crippen LogP contribution in [0.15, 0.2) is 49.1 Å². The van der Waals surface area contributed by atoms with Crippen molar-refractivity contribution in [3.05, 3.63) is 49.1 Å². The van der Waals surface area contributed by atoms with Crippen molar-refractivity contribution in [1.82, 2.24) is 24.6 Å². The van der Waals surface area contributed by atoms with E-state index in [2.05, 4.69) is 25.4 Å². The van der Waals surface area contributed by atoms with Gasteiger partial charge in [0.05, 0.1) is 28.9 Å². The van der Waals surface area contributed by atoms with E-state index in [9.17, 15) is 4.39 Å². The summed E-state index contributed by atoms with van der Waals surface area (Å²) in [6, 6.07) is 8.35. The molecule has 154 valence electrons. The van der Waals surface area contributed by atoms with Gasteiger partial charge < -0.3 is 10.1 Å². The zero-order chi connectivity index (χ0) is 20.5. The van der Waals surface area contributed by atoms with Gasteiger partial charge in [-0.05, 0) is 56.4 Å². The third-order valence-corrected chi connectivity index (χ3v) is 5.58. The zero-order valence-corrected chi connectivity index (χ0v) is 16.7. The van der Waals surface area contributed by atoms with Gasteiger partial charge in [-0.15, -0.1) is 5.10 Å². The fourth-order valence-electron chi connectivity index (χ4n) is 4.13. The molecule has 1 unspecified atom stereocenters. The van der Waals surface area contributed by atoms with Crippen LogP contribution in [0.2, 0.25) is 0 Å². The molecular weight excluding hydrogens is 383 g/mol. The Labute approximate surface area is 173 Å². The Morgan fingerprint density at radius 2 is 1.87 bits per heavy atom. The maximum Gasteiger partial charge on any atom is 0.241 e. The molecule has 30 heavy (non-hydrogen) atoms. The maximum atomic E-state index is 13.0. The Kier molecular flexibility index (Phi) is 5.00. The number of nitrogens with zero attached hydrogens (tertiary/aromatic N) is 5.